The van der Waals surface area contributed by atoms with Gasteiger partial charge in [-0.15, -0.1) is 0 Å². The van der Waals surface area contributed by atoms with Crippen molar-refractivity contribution in [2.24, 2.45) is 11.8 Å². The van der Waals surface area contributed by atoms with E-state index in [9.17, 15) is 14.4 Å². The predicted octanol–water partition coefficient (Wildman–Crippen LogP) is 3.36. The van der Waals surface area contributed by atoms with Crippen LogP contribution in [0.4, 0.5) is 4.79 Å². The molecular weight excluding hydrogens is 284 g/mol. The van der Waals surface area contributed by atoms with E-state index in [1.54, 1.807) is 38.1 Å². The van der Waals surface area contributed by atoms with Crippen LogP contribution in [0.15, 0.2) is 24.3 Å². The number of para-hydroxylation sites is 1. The average Bonchev–Trinajstić information content (AvgIpc) is 2.46. The fourth-order valence-corrected chi connectivity index (χ4v) is 1.98. The van der Waals surface area contributed by atoms with Crippen LogP contribution in [0, 0.1) is 11.8 Å². The molecule has 0 amide bonds. The summed E-state index contributed by atoms with van der Waals surface area (Å²) in [7, 11) is 0. The zero-order valence-corrected chi connectivity index (χ0v) is 13.3. The van der Waals surface area contributed by atoms with E-state index >= 15 is 0 Å². The molecule has 120 valence electrons. The number of benzene rings is 1. The van der Waals surface area contributed by atoms with Crippen LogP contribution in [0.3, 0.4) is 0 Å². The van der Waals surface area contributed by atoms with Gasteiger partial charge < -0.3 is 14.3 Å². The highest BCUT2D eigenvalue weighted by Crippen LogP contribution is 2.30. The van der Waals surface area contributed by atoms with Crippen LogP contribution >= 0.6 is 0 Å². The first-order valence-corrected chi connectivity index (χ1v) is 7.28. The summed E-state index contributed by atoms with van der Waals surface area (Å²) in [6.07, 6.45) is -0.404. The van der Waals surface area contributed by atoms with Crippen LogP contribution in [0.1, 0.15) is 39.2 Å². The summed E-state index contributed by atoms with van der Waals surface area (Å²) in [6.45, 7) is 7.35. The van der Waals surface area contributed by atoms with Crippen molar-refractivity contribution in [3.05, 3.63) is 29.8 Å². The lowest BCUT2D eigenvalue weighted by Gasteiger charge is -2.19. The molecule has 2 unspecified atom stereocenters. The fourth-order valence-electron chi connectivity index (χ4n) is 1.98. The molecule has 0 aliphatic carbocycles. The molecule has 0 aromatic heterocycles. The van der Waals surface area contributed by atoms with Gasteiger partial charge in [0.25, 0.3) is 0 Å². The number of hydrogen-bond acceptors (Lipinski definition) is 5. The van der Waals surface area contributed by atoms with Crippen LogP contribution in [0.2, 0.25) is 0 Å². The molecule has 5 heteroatoms. The van der Waals surface area contributed by atoms with Crippen molar-refractivity contribution in [2.75, 3.05) is 0 Å². The molecule has 1 rings (SSSR count). The van der Waals surface area contributed by atoms with Gasteiger partial charge in [0.15, 0.2) is 12.4 Å². The highest BCUT2D eigenvalue weighted by molar-refractivity contribution is 5.71. The van der Waals surface area contributed by atoms with Gasteiger partial charge in [0, 0.05) is 11.5 Å². The topological polar surface area (TPSA) is 69.7 Å². The second-order valence-electron chi connectivity index (χ2n) is 5.76. The Balaban J connectivity index is 2.92. The number of ether oxygens (including phenoxy) is 2. The van der Waals surface area contributed by atoms with E-state index in [1.165, 1.54) is 0 Å². The van der Waals surface area contributed by atoms with Crippen molar-refractivity contribution in [3.63, 3.8) is 0 Å². The molecule has 0 N–H and O–H groups in total. The fraction of sp³-hybridized carbons (Fsp3) is 0.471. The summed E-state index contributed by atoms with van der Waals surface area (Å²) < 4.78 is 10.2. The number of rotatable bonds is 7. The minimum absolute atomic E-state index is 0.0664. The van der Waals surface area contributed by atoms with Gasteiger partial charge in [-0.25, -0.2) is 4.79 Å². The molecule has 5 nitrogen and oxygen atoms in total. The largest absolute Gasteiger partial charge is 0.514 e. The van der Waals surface area contributed by atoms with Crippen molar-refractivity contribution in [3.8, 4) is 5.75 Å². The Morgan fingerprint density at radius 2 is 1.64 bits per heavy atom. The molecule has 0 aliphatic heterocycles. The molecule has 0 saturated heterocycles. The second-order valence-corrected chi connectivity index (χ2v) is 5.76. The Morgan fingerprint density at radius 1 is 1.00 bits per heavy atom. The number of aldehydes is 2. The molecule has 0 aliphatic rings. The van der Waals surface area contributed by atoms with Crippen LogP contribution in [0.25, 0.3) is 0 Å². The summed E-state index contributed by atoms with van der Waals surface area (Å²) in [5.41, 5.74) is 0.622. The molecule has 0 heterocycles. The van der Waals surface area contributed by atoms with Gasteiger partial charge in [0.1, 0.15) is 12.0 Å². The zero-order valence-electron chi connectivity index (χ0n) is 13.3. The third kappa shape index (κ3) is 4.69. The van der Waals surface area contributed by atoms with Crippen molar-refractivity contribution in [2.45, 2.75) is 39.7 Å². The standard InChI is InChI=1S/C17H22O5/c1-11(2)14(9-18)13-7-5-6-8-15(13)21-17(20)22-16(10-19)12(3)4/h5-12,14,16H,1-4H3. The van der Waals surface area contributed by atoms with Gasteiger partial charge >= 0.3 is 6.16 Å². The SMILES string of the molecule is CC(C)C(C=O)OC(=O)Oc1ccccc1C(C=O)C(C)C. The van der Waals surface area contributed by atoms with E-state index in [2.05, 4.69) is 0 Å². The van der Waals surface area contributed by atoms with Crippen LogP contribution in [0.5, 0.6) is 5.75 Å². The number of hydrogen-bond donors (Lipinski definition) is 0. The summed E-state index contributed by atoms with van der Waals surface area (Å²) in [4.78, 5) is 34.0. The van der Waals surface area contributed by atoms with Gasteiger partial charge in [-0.3, -0.25) is 4.79 Å². The molecule has 0 radical (unpaired) electrons. The van der Waals surface area contributed by atoms with Gasteiger partial charge in [-0.2, -0.15) is 0 Å². The summed E-state index contributed by atoms with van der Waals surface area (Å²) in [5.74, 6) is -0.182. The monoisotopic (exact) mass is 306 g/mol. The van der Waals surface area contributed by atoms with Crippen molar-refractivity contribution in [1.82, 2.24) is 0 Å². The van der Waals surface area contributed by atoms with Crippen LogP contribution in [-0.2, 0) is 14.3 Å². The smallest absolute Gasteiger partial charge is 0.423 e. The number of carbonyl (C=O) groups excluding carboxylic acids is 3. The third-order valence-corrected chi connectivity index (χ3v) is 3.36. The van der Waals surface area contributed by atoms with Gasteiger partial charge in [0.2, 0.25) is 0 Å². The molecular formula is C17H22O5. The molecule has 0 bridgehead atoms. The first kappa shape index (κ1) is 17.9. The highest BCUT2D eigenvalue weighted by atomic mass is 16.7. The minimum Gasteiger partial charge on any atom is -0.423 e. The Bertz CT molecular complexity index is 522. The molecule has 1 aromatic carbocycles. The lowest BCUT2D eigenvalue weighted by molar-refractivity contribution is -0.117. The maximum atomic E-state index is 11.8. The molecule has 2 atom stereocenters. The first-order chi connectivity index (χ1) is 10.4. The predicted molar refractivity (Wildman–Crippen MR) is 81.9 cm³/mol. The normalized spacial score (nSPS) is 13.5. The van der Waals surface area contributed by atoms with E-state index in [0.717, 1.165) is 6.29 Å². The highest BCUT2D eigenvalue weighted by Gasteiger charge is 2.23. The van der Waals surface area contributed by atoms with E-state index < -0.39 is 12.3 Å². The lowest BCUT2D eigenvalue weighted by atomic mass is 9.89. The Kier molecular flexibility index (Phi) is 6.76. The quantitative estimate of drug-likeness (QED) is 0.439. The summed E-state index contributed by atoms with van der Waals surface area (Å²) >= 11 is 0. The van der Waals surface area contributed by atoms with Gasteiger partial charge in [-0.1, -0.05) is 45.9 Å². The van der Waals surface area contributed by atoms with E-state index in [4.69, 9.17) is 9.47 Å². The molecule has 0 saturated carbocycles. The van der Waals surface area contributed by atoms with E-state index in [0.29, 0.717) is 11.8 Å². The van der Waals surface area contributed by atoms with Crippen molar-refractivity contribution in [1.29, 1.82) is 0 Å². The summed E-state index contributed by atoms with van der Waals surface area (Å²) in [5, 5.41) is 0. The van der Waals surface area contributed by atoms with Crippen molar-refractivity contribution >= 4 is 18.7 Å². The van der Waals surface area contributed by atoms with Crippen molar-refractivity contribution < 1.29 is 23.9 Å². The van der Waals surface area contributed by atoms with E-state index in [1.807, 2.05) is 13.8 Å². The molecule has 1 aromatic rings. The molecule has 0 spiro atoms. The molecule has 0 fully saturated rings. The minimum atomic E-state index is -0.952. The third-order valence-electron chi connectivity index (χ3n) is 3.36. The van der Waals surface area contributed by atoms with Crippen LogP contribution in [-0.4, -0.2) is 24.8 Å². The summed E-state index contributed by atoms with van der Waals surface area (Å²) in [6, 6.07) is 6.81. The van der Waals surface area contributed by atoms with Gasteiger partial charge in [0.05, 0.1) is 0 Å². The van der Waals surface area contributed by atoms with E-state index in [-0.39, 0.29) is 23.5 Å². The van der Waals surface area contributed by atoms with Crippen LogP contribution < -0.4 is 4.74 Å². The molecule has 22 heavy (non-hydrogen) atoms. The van der Waals surface area contributed by atoms with Gasteiger partial charge in [-0.05, 0) is 17.9 Å². The Hall–Kier alpha value is -2.17. The maximum Gasteiger partial charge on any atom is 0.514 e. The lowest BCUT2D eigenvalue weighted by Crippen LogP contribution is -2.27. The number of carbonyl (C=O) groups is 3. The average molecular weight is 306 g/mol. The second kappa shape index (κ2) is 8.32. The zero-order chi connectivity index (χ0) is 16.7. The maximum absolute atomic E-state index is 11.8. The Labute approximate surface area is 130 Å². The Morgan fingerprint density at radius 3 is 2.14 bits per heavy atom. The first-order valence-electron chi connectivity index (χ1n) is 7.28.